The average Bonchev–Trinajstić information content (AvgIpc) is 3.05. The summed E-state index contributed by atoms with van der Waals surface area (Å²) >= 11 is 3.78. The van der Waals surface area contributed by atoms with Gasteiger partial charge in [0, 0.05) is 34.3 Å². The molecule has 1 N–H and O–H groups in total. The van der Waals surface area contributed by atoms with Crippen LogP contribution in [0, 0.1) is 0 Å². The SMILES string of the molecule is CCNCc1ccc(CN(C)CCc2cccs2)s1. The van der Waals surface area contributed by atoms with Crippen LogP contribution in [-0.2, 0) is 19.5 Å². The predicted octanol–water partition coefficient (Wildman–Crippen LogP) is 3.59. The van der Waals surface area contributed by atoms with Crippen molar-refractivity contribution in [2.45, 2.75) is 26.4 Å². The molecule has 0 fully saturated rings. The quantitative estimate of drug-likeness (QED) is 0.800. The maximum absolute atomic E-state index is 3.37. The topological polar surface area (TPSA) is 15.3 Å². The summed E-state index contributed by atoms with van der Waals surface area (Å²) in [6.07, 6.45) is 1.16. The molecule has 0 amide bonds. The van der Waals surface area contributed by atoms with E-state index in [9.17, 15) is 0 Å². The van der Waals surface area contributed by atoms with Crippen LogP contribution in [0.4, 0.5) is 0 Å². The molecule has 19 heavy (non-hydrogen) atoms. The molecule has 4 heteroatoms. The van der Waals surface area contributed by atoms with Crippen molar-refractivity contribution in [3.63, 3.8) is 0 Å². The van der Waals surface area contributed by atoms with Gasteiger partial charge in [0.1, 0.15) is 0 Å². The van der Waals surface area contributed by atoms with Crippen molar-refractivity contribution in [3.8, 4) is 0 Å². The van der Waals surface area contributed by atoms with Crippen molar-refractivity contribution in [3.05, 3.63) is 44.3 Å². The number of hydrogen-bond donors (Lipinski definition) is 1. The smallest absolute Gasteiger partial charge is 0.0325 e. The largest absolute Gasteiger partial charge is 0.312 e. The lowest BCUT2D eigenvalue weighted by molar-refractivity contribution is 0.335. The first-order valence-corrected chi connectivity index (χ1v) is 8.46. The Labute approximate surface area is 124 Å². The Bertz CT molecular complexity index is 462. The third kappa shape index (κ3) is 5.07. The van der Waals surface area contributed by atoms with E-state index in [-0.39, 0.29) is 0 Å². The number of hydrogen-bond acceptors (Lipinski definition) is 4. The molecule has 0 aliphatic heterocycles. The summed E-state index contributed by atoms with van der Waals surface area (Å²) < 4.78 is 0. The fourth-order valence-corrected chi connectivity index (χ4v) is 3.72. The standard InChI is InChI=1S/C15H22N2S2/c1-3-16-11-14-6-7-15(19-14)12-17(2)9-8-13-5-4-10-18-13/h4-7,10,16H,3,8-9,11-12H2,1-2H3. The minimum Gasteiger partial charge on any atom is -0.312 e. The predicted molar refractivity (Wildman–Crippen MR) is 86.1 cm³/mol. The third-order valence-corrected chi connectivity index (χ3v) is 5.02. The second-order valence-electron chi connectivity index (χ2n) is 4.72. The van der Waals surface area contributed by atoms with Crippen molar-refractivity contribution < 1.29 is 0 Å². The maximum atomic E-state index is 3.37. The lowest BCUT2D eigenvalue weighted by atomic mass is 10.3. The van der Waals surface area contributed by atoms with Gasteiger partial charge in [0.05, 0.1) is 0 Å². The van der Waals surface area contributed by atoms with E-state index in [1.165, 1.54) is 14.6 Å². The molecule has 0 aliphatic carbocycles. The summed E-state index contributed by atoms with van der Waals surface area (Å²) in [5, 5.41) is 5.53. The maximum Gasteiger partial charge on any atom is 0.0325 e. The summed E-state index contributed by atoms with van der Waals surface area (Å²) in [4.78, 5) is 6.78. The first-order chi connectivity index (χ1) is 9.28. The summed E-state index contributed by atoms with van der Waals surface area (Å²) in [5.74, 6) is 0. The number of nitrogens with one attached hydrogen (secondary N) is 1. The van der Waals surface area contributed by atoms with Gasteiger partial charge in [-0.2, -0.15) is 0 Å². The van der Waals surface area contributed by atoms with E-state index in [1.54, 1.807) is 0 Å². The monoisotopic (exact) mass is 294 g/mol. The highest BCUT2D eigenvalue weighted by atomic mass is 32.1. The summed E-state index contributed by atoms with van der Waals surface area (Å²) in [7, 11) is 2.21. The highest BCUT2D eigenvalue weighted by Crippen LogP contribution is 2.18. The Morgan fingerprint density at radius 3 is 2.74 bits per heavy atom. The summed E-state index contributed by atoms with van der Waals surface area (Å²) in [6.45, 7) is 6.37. The van der Waals surface area contributed by atoms with Gasteiger partial charge in [0.15, 0.2) is 0 Å². The van der Waals surface area contributed by atoms with Gasteiger partial charge in [-0.15, -0.1) is 22.7 Å². The lowest BCUT2D eigenvalue weighted by Gasteiger charge is -2.14. The van der Waals surface area contributed by atoms with Gasteiger partial charge in [-0.05, 0) is 43.6 Å². The Balaban J connectivity index is 1.75. The van der Waals surface area contributed by atoms with Crippen LogP contribution in [0.15, 0.2) is 29.6 Å². The summed E-state index contributed by atoms with van der Waals surface area (Å²) in [5.41, 5.74) is 0. The number of nitrogens with zero attached hydrogens (tertiary/aromatic N) is 1. The van der Waals surface area contributed by atoms with Gasteiger partial charge < -0.3 is 10.2 Å². The Hall–Kier alpha value is -0.680. The fraction of sp³-hybridized carbons (Fsp3) is 0.467. The van der Waals surface area contributed by atoms with Gasteiger partial charge in [0.25, 0.3) is 0 Å². The first-order valence-electron chi connectivity index (χ1n) is 6.77. The number of likely N-dealkylation sites (N-methyl/N-ethyl adjacent to an activating group) is 1. The molecule has 2 rings (SSSR count). The molecule has 2 aromatic rings. The lowest BCUT2D eigenvalue weighted by Crippen LogP contribution is -2.19. The molecule has 0 saturated carbocycles. The average molecular weight is 294 g/mol. The molecule has 0 bridgehead atoms. The molecule has 2 aromatic heterocycles. The summed E-state index contributed by atoms with van der Waals surface area (Å²) in [6, 6.07) is 8.86. The number of thiophene rings is 2. The molecule has 0 aliphatic rings. The molecule has 104 valence electrons. The highest BCUT2D eigenvalue weighted by molar-refractivity contribution is 7.12. The zero-order chi connectivity index (χ0) is 13.5. The van der Waals surface area contributed by atoms with Gasteiger partial charge in [0.2, 0.25) is 0 Å². The fourth-order valence-electron chi connectivity index (χ4n) is 1.95. The van der Waals surface area contributed by atoms with Crippen molar-refractivity contribution >= 4 is 22.7 Å². The highest BCUT2D eigenvalue weighted by Gasteiger charge is 2.04. The molecule has 0 aromatic carbocycles. The number of rotatable bonds is 8. The van der Waals surface area contributed by atoms with Crippen LogP contribution >= 0.6 is 22.7 Å². The van der Waals surface area contributed by atoms with E-state index in [1.807, 2.05) is 22.7 Å². The molecular formula is C15H22N2S2. The Morgan fingerprint density at radius 1 is 1.16 bits per heavy atom. The normalized spacial score (nSPS) is 11.3. The molecule has 0 atom stereocenters. The van der Waals surface area contributed by atoms with Crippen molar-refractivity contribution in [2.75, 3.05) is 20.1 Å². The van der Waals surface area contributed by atoms with Crippen LogP contribution in [-0.4, -0.2) is 25.0 Å². The molecule has 0 radical (unpaired) electrons. The van der Waals surface area contributed by atoms with Crippen LogP contribution in [0.3, 0.4) is 0 Å². The van der Waals surface area contributed by atoms with E-state index in [0.717, 1.165) is 32.6 Å². The van der Waals surface area contributed by atoms with Crippen LogP contribution in [0.25, 0.3) is 0 Å². The van der Waals surface area contributed by atoms with E-state index >= 15 is 0 Å². The van der Waals surface area contributed by atoms with E-state index in [0.29, 0.717) is 0 Å². The van der Waals surface area contributed by atoms with Gasteiger partial charge in [-0.1, -0.05) is 13.0 Å². The zero-order valence-electron chi connectivity index (χ0n) is 11.7. The first kappa shape index (κ1) is 14.7. The Morgan fingerprint density at radius 2 is 2.00 bits per heavy atom. The molecular weight excluding hydrogens is 272 g/mol. The molecule has 2 heterocycles. The van der Waals surface area contributed by atoms with Crippen LogP contribution in [0.5, 0.6) is 0 Å². The van der Waals surface area contributed by atoms with Crippen LogP contribution < -0.4 is 5.32 Å². The minimum absolute atomic E-state index is 1.00. The van der Waals surface area contributed by atoms with Crippen molar-refractivity contribution in [1.82, 2.24) is 10.2 Å². The molecule has 0 saturated heterocycles. The molecule has 2 nitrogen and oxygen atoms in total. The van der Waals surface area contributed by atoms with Gasteiger partial charge >= 0.3 is 0 Å². The molecule has 0 spiro atoms. The van der Waals surface area contributed by atoms with Gasteiger partial charge in [-0.25, -0.2) is 0 Å². The third-order valence-electron chi connectivity index (χ3n) is 3.01. The van der Waals surface area contributed by atoms with E-state index < -0.39 is 0 Å². The molecule has 0 unspecified atom stereocenters. The van der Waals surface area contributed by atoms with E-state index in [2.05, 4.69) is 53.8 Å². The van der Waals surface area contributed by atoms with Crippen molar-refractivity contribution in [2.24, 2.45) is 0 Å². The second kappa shape index (κ2) is 7.80. The zero-order valence-corrected chi connectivity index (χ0v) is 13.3. The Kier molecular flexibility index (Phi) is 6.04. The van der Waals surface area contributed by atoms with Crippen LogP contribution in [0.2, 0.25) is 0 Å². The van der Waals surface area contributed by atoms with Crippen molar-refractivity contribution in [1.29, 1.82) is 0 Å². The van der Waals surface area contributed by atoms with Crippen LogP contribution in [0.1, 0.15) is 21.6 Å². The van der Waals surface area contributed by atoms with Gasteiger partial charge in [-0.3, -0.25) is 0 Å². The second-order valence-corrected chi connectivity index (χ2v) is 7.00. The minimum atomic E-state index is 1.00. The van der Waals surface area contributed by atoms with E-state index in [4.69, 9.17) is 0 Å².